The Balaban J connectivity index is 1.93. The van der Waals surface area contributed by atoms with E-state index < -0.39 is 16.6 Å². The van der Waals surface area contributed by atoms with Crippen molar-refractivity contribution in [2.24, 2.45) is 0 Å². The molecule has 1 fully saturated rings. The van der Waals surface area contributed by atoms with Gasteiger partial charge in [0.2, 0.25) is 5.88 Å². The van der Waals surface area contributed by atoms with E-state index in [9.17, 15) is 0 Å². The van der Waals surface area contributed by atoms with Gasteiger partial charge in [-0.2, -0.15) is 0 Å². The summed E-state index contributed by atoms with van der Waals surface area (Å²) in [4.78, 5) is 8.53. The van der Waals surface area contributed by atoms with Crippen molar-refractivity contribution in [1.29, 1.82) is 0 Å². The largest absolute Gasteiger partial charge is 0.479 e. The maximum absolute atomic E-state index is 6.87. The van der Waals surface area contributed by atoms with Gasteiger partial charge in [0.1, 0.15) is 23.6 Å². The van der Waals surface area contributed by atoms with Gasteiger partial charge in [0.25, 0.3) is 0 Å². The van der Waals surface area contributed by atoms with Gasteiger partial charge in [-0.1, -0.05) is 41.5 Å². The molecular weight excluding hydrogens is 466 g/mol. The number of ether oxygens (including phenoxy) is 2. The number of nitrogens with two attached hydrogens (primary N) is 1. The lowest BCUT2D eigenvalue weighted by Gasteiger charge is -2.40. The number of aromatic nitrogens is 4. The molecular formula is C23H43N5O4Si2. The molecule has 3 atom stereocenters. The first-order chi connectivity index (χ1) is 15.5. The lowest BCUT2D eigenvalue weighted by molar-refractivity contribution is -0.0427. The molecule has 2 aromatic heterocycles. The molecule has 1 saturated heterocycles. The van der Waals surface area contributed by atoms with Crippen LogP contribution in [0.1, 0.15) is 54.2 Å². The topological polar surface area (TPSA) is 107 Å². The molecule has 0 aromatic carbocycles. The van der Waals surface area contributed by atoms with E-state index in [1.54, 1.807) is 11.8 Å². The van der Waals surface area contributed by atoms with E-state index in [0.29, 0.717) is 35.8 Å². The number of rotatable bonds is 7. The fourth-order valence-corrected chi connectivity index (χ4v) is 5.87. The highest BCUT2D eigenvalue weighted by Gasteiger charge is 2.47. The van der Waals surface area contributed by atoms with Crippen LogP contribution in [-0.2, 0) is 13.6 Å². The van der Waals surface area contributed by atoms with E-state index in [1.807, 2.05) is 0 Å². The average molecular weight is 510 g/mol. The smallest absolute Gasteiger partial charge is 0.246 e. The van der Waals surface area contributed by atoms with Crippen molar-refractivity contribution in [1.82, 2.24) is 19.7 Å². The van der Waals surface area contributed by atoms with E-state index in [-0.39, 0.29) is 28.5 Å². The molecule has 0 unspecified atom stereocenters. The summed E-state index contributed by atoms with van der Waals surface area (Å²) in [7, 11) is -2.43. The highest BCUT2D eigenvalue weighted by Crippen LogP contribution is 2.43. The SMILES string of the molecule is COc1nn([C@H]2C[C@H](O[Si](C)(C)C(C)(C)C)[C@@H](CO[Si](C)(C)C(C)(C)C)O2)c2ncnc(N)c12. The Bertz CT molecular complexity index is 1010. The van der Waals surface area contributed by atoms with Crippen LogP contribution < -0.4 is 10.5 Å². The standard InChI is InChI=1S/C23H43N5O4Si2/c1-22(2,3)33(8,9)30-13-16-15(32-34(10,11)23(4,5)6)12-17(31-16)28-20-18(21(27-28)29-7)19(24)25-14-26-20/h14-17H,12-13H2,1-11H3,(H2,24,25,26)/t15-,16+,17+/m0/s1. The molecule has 2 aromatic rings. The van der Waals surface area contributed by atoms with Crippen LogP contribution in [0.4, 0.5) is 5.82 Å². The predicted octanol–water partition coefficient (Wildman–Crippen LogP) is 5.12. The first-order valence-electron chi connectivity index (χ1n) is 12.0. The molecule has 2 N–H and O–H groups in total. The van der Waals surface area contributed by atoms with Gasteiger partial charge in [-0.05, 0) is 36.3 Å². The summed E-state index contributed by atoms with van der Waals surface area (Å²) >= 11 is 0. The third kappa shape index (κ3) is 5.18. The van der Waals surface area contributed by atoms with Gasteiger partial charge in [-0.15, -0.1) is 5.10 Å². The predicted molar refractivity (Wildman–Crippen MR) is 140 cm³/mol. The zero-order valence-corrected chi connectivity index (χ0v) is 24.7. The van der Waals surface area contributed by atoms with E-state index in [1.165, 1.54) is 6.33 Å². The van der Waals surface area contributed by atoms with Crippen molar-refractivity contribution in [2.45, 2.75) is 103 Å². The van der Waals surface area contributed by atoms with E-state index in [0.717, 1.165) is 0 Å². The monoisotopic (exact) mass is 509 g/mol. The zero-order valence-electron chi connectivity index (χ0n) is 22.7. The number of methoxy groups -OCH3 is 1. The van der Waals surface area contributed by atoms with E-state index >= 15 is 0 Å². The number of fused-ring (bicyclic) bond motifs is 1. The Kier molecular flexibility index (Phi) is 7.29. The Morgan fingerprint density at radius 2 is 1.68 bits per heavy atom. The van der Waals surface area contributed by atoms with Crippen molar-refractivity contribution >= 4 is 33.5 Å². The van der Waals surface area contributed by atoms with Gasteiger partial charge >= 0.3 is 0 Å². The van der Waals surface area contributed by atoms with Crippen LogP contribution in [-0.4, -0.2) is 62.3 Å². The van der Waals surface area contributed by atoms with Crippen molar-refractivity contribution in [3.63, 3.8) is 0 Å². The van der Waals surface area contributed by atoms with Gasteiger partial charge in [-0.25, -0.2) is 14.6 Å². The van der Waals surface area contributed by atoms with Crippen molar-refractivity contribution < 1.29 is 18.3 Å². The lowest BCUT2D eigenvalue weighted by Crippen LogP contribution is -2.48. The van der Waals surface area contributed by atoms with Gasteiger partial charge in [0, 0.05) is 6.42 Å². The Labute approximate surface area is 206 Å². The quantitative estimate of drug-likeness (QED) is 0.513. The number of anilines is 1. The van der Waals surface area contributed by atoms with Crippen LogP contribution in [0.2, 0.25) is 36.3 Å². The third-order valence-electron chi connectivity index (χ3n) is 7.80. The van der Waals surface area contributed by atoms with Crippen LogP contribution >= 0.6 is 0 Å². The summed E-state index contributed by atoms with van der Waals surface area (Å²) in [6.45, 7) is 23.0. The first-order valence-corrected chi connectivity index (χ1v) is 17.8. The van der Waals surface area contributed by atoms with Crippen molar-refractivity contribution in [3.05, 3.63) is 6.33 Å². The van der Waals surface area contributed by atoms with Crippen molar-refractivity contribution in [3.8, 4) is 5.88 Å². The van der Waals surface area contributed by atoms with Crippen LogP contribution in [0.25, 0.3) is 11.0 Å². The van der Waals surface area contributed by atoms with Gasteiger partial charge in [0.05, 0.1) is 19.8 Å². The minimum absolute atomic E-state index is 0.0826. The Hall–Kier alpha value is -1.54. The number of nitrogen functional groups attached to an aromatic ring is 1. The summed E-state index contributed by atoms with van der Waals surface area (Å²) in [5, 5.41) is 5.41. The molecule has 3 heterocycles. The summed E-state index contributed by atoms with van der Waals surface area (Å²) in [5.74, 6) is 0.720. The minimum Gasteiger partial charge on any atom is -0.479 e. The lowest BCUT2D eigenvalue weighted by atomic mass is 10.2. The molecule has 0 bridgehead atoms. The maximum atomic E-state index is 6.87. The molecule has 0 spiro atoms. The molecule has 1 aliphatic heterocycles. The first kappa shape index (κ1) is 27.1. The number of nitrogens with zero attached hydrogens (tertiary/aromatic N) is 4. The molecule has 0 aliphatic carbocycles. The highest BCUT2D eigenvalue weighted by atomic mass is 28.4. The number of hydrogen-bond acceptors (Lipinski definition) is 8. The fraction of sp³-hybridized carbons (Fsp3) is 0.783. The molecule has 0 radical (unpaired) electrons. The average Bonchev–Trinajstić information content (AvgIpc) is 3.26. The second-order valence-electron chi connectivity index (χ2n) is 12.3. The molecule has 3 rings (SSSR count). The third-order valence-corrected chi connectivity index (χ3v) is 16.8. The minimum atomic E-state index is -2.04. The molecule has 192 valence electrons. The van der Waals surface area contributed by atoms with Crippen molar-refractivity contribution in [2.75, 3.05) is 19.5 Å². The van der Waals surface area contributed by atoms with Gasteiger partial charge < -0.3 is 24.1 Å². The Morgan fingerprint density at radius 3 is 2.24 bits per heavy atom. The maximum Gasteiger partial charge on any atom is 0.246 e. The summed E-state index contributed by atoms with van der Waals surface area (Å²) in [6.07, 6.45) is 1.38. The summed E-state index contributed by atoms with van der Waals surface area (Å²) < 4.78 is 27.2. The fourth-order valence-electron chi connectivity index (χ4n) is 3.49. The second-order valence-corrected chi connectivity index (χ2v) is 21.8. The van der Waals surface area contributed by atoms with Crippen LogP contribution in [0.15, 0.2) is 6.33 Å². The molecule has 9 nitrogen and oxygen atoms in total. The molecule has 0 amide bonds. The molecule has 1 aliphatic rings. The molecule has 0 saturated carbocycles. The Morgan fingerprint density at radius 1 is 1.06 bits per heavy atom. The van der Waals surface area contributed by atoms with Crippen LogP contribution in [0.5, 0.6) is 5.88 Å². The highest BCUT2D eigenvalue weighted by molar-refractivity contribution is 6.74. The molecule has 11 heteroatoms. The van der Waals surface area contributed by atoms with Crippen LogP contribution in [0, 0.1) is 0 Å². The molecule has 34 heavy (non-hydrogen) atoms. The number of hydrogen-bond donors (Lipinski definition) is 1. The summed E-state index contributed by atoms with van der Waals surface area (Å²) in [5.41, 5.74) is 6.70. The normalized spacial score (nSPS) is 22.5. The van der Waals surface area contributed by atoms with Gasteiger partial charge in [0.15, 0.2) is 28.5 Å². The second kappa shape index (κ2) is 9.16. The zero-order chi connectivity index (χ0) is 25.7. The van der Waals surface area contributed by atoms with Crippen LogP contribution in [0.3, 0.4) is 0 Å². The van der Waals surface area contributed by atoms with E-state index in [2.05, 4.69) is 82.8 Å². The summed E-state index contributed by atoms with van der Waals surface area (Å²) in [6, 6.07) is 0. The van der Waals surface area contributed by atoms with Gasteiger partial charge in [-0.3, -0.25) is 0 Å². The van der Waals surface area contributed by atoms with E-state index in [4.69, 9.17) is 24.1 Å².